The SMILES string of the molecule is CCCNC(=O)C[C@@H](c1cccc(Oc2ccccc2)c1)c1cn(Cc2ccccc2)c2ccccc12. The van der Waals surface area contributed by atoms with Crippen LogP contribution in [0.1, 0.15) is 42.4 Å². The maximum Gasteiger partial charge on any atom is 0.220 e. The molecule has 0 bridgehead atoms. The molecule has 5 aromatic rings. The van der Waals surface area contributed by atoms with Gasteiger partial charge in [0.15, 0.2) is 0 Å². The van der Waals surface area contributed by atoms with Gasteiger partial charge in [0.05, 0.1) is 0 Å². The number of hydrogen-bond acceptors (Lipinski definition) is 2. The number of benzene rings is 4. The minimum Gasteiger partial charge on any atom is -0.457 e. The highest BCUT2D eigenvalue weighted by atomic mass is 16.5. The average Bonchev–Trinajstić information content (AvgIpc) is 3.30. The monoisotopic (exact) mass is 488 g/mol. The Morgan fingerprint density at radius 3 is 2.32 bits per heavy atom. The lowest BCUT2D eigenvalue weighted by atomic mass is 9.88. The summed E-state index contributed by atoms with van der Waals surface area (Å²) in [6.07, 6.45) is 3.50. The third-order valence-electron chi connectivity index (χ3n) is 6.59. The van der Waals surface area contributed by atoms with Crippen molar-refractivity contribution in [3.63, 3.8) is 0 Å². The summed E-state index contributed by atoms with van der Waals surface area (Å²) < 4.78 is 8.43. The third kappa shape index (κ3) is 5.92. The Morgan fingerprint density at radius 2 is 1.54 bits per heavy atom. The van der Waals surface area contributed by atoms with Crippen molar-refractivity contribution in [2.45, 2.75) is 32.2 Å². The van der Waals surface area contributed by atoms with Gasteiger partial charge in [-0.25, -0.2) is 0 Å². The zero-order valence-corrected chi connectivity index (χ0v) is 21.1. The van der Waals surface area contributed by atoms with Gasteiger partial charge in [-0.3, -0.25) is 4.79 Å². The Kier molecular flexibility index (Phi) is 7.66. The van der Waals surface area contributed by atoms with Crippen LogP contribution < -0.4 is 10.1 Å². The summed E-state index contributed by atoms with van der Waals surface area (Å²) in [5, 5.41) is 4.24. The molecule has 0 spiro atoms. The van der Waals surface area contributed by atoms with Crippen molar-refractivity contribution in [3.05, 3.63) is 132 Å². The molecule has 0 aliphatic rings. The molecular weight excluding hydrogens is 456 g/mol. The Balaban J connectivity index is 1.55. The second-order valence-electron chi connectivity index (χ2n) is 9.31. The van der Waals surface area contributed by atoms with Gasteiger partial charge in [0.1, 0.15) is 11.5 Å². The summed E-state index contributed by atoms with van der Waals surface area (Å²) in [7, 11) is 0. The summed E-state index contributed by atoms with van der Waals surface area (Å²) in [4.78, 5) is 13.0. The van der Waals surface area contributed by atoms with Crippen molar-refractivity contribution in [2.24, 2.45) is 0 Å². The molecule has 5 rings (SSSR count). The van der Waals surface area contributed by atoms with Crippen LogP contribution in [0.3, 0.4) is 0 Å². The van der Waals surface area contributed by atoms with Gasteiger partial charge in [0.25, 0.3) is 0 Å². The first-order valence-electron chi connectivity index (χ1n) is 12.9. The largest absolute Gasteiger partial charge is 0.457 e. The van der Waals surface area contributed by atoms with Crippen LogP contribution in [-0.4, -0.2) is 17.0 Å². The van der Waals surface area contributed by atoms with Crippen LogP contribution in [0.2, 0.25) is 0 Å². The fourth-order valence-electron chi connectivity index (χ4n) is 4.81. The topological polar surface area (TPSA) is 43.3 Å². The molecule has 4 nitrogen and oxygen atoms in total. The van der Waals surface area contributed by atoms with Gasteiger partial charge in [-0.05, 0) is 53.4 Å². The average molecular weight is 489 g/mol. The van der Waals surface area contributed by atoms with Crippen molar-refractivity contribution in [1.29, 1.82) is 0 Å². The minimum absolute atomic E-state index is 0.0566. The first-order chi connectivity index (χ1) is 18.2. The number of aromatic nitrogens is 1. The fraction of sp³-hybridized carbons (Fsp3) is 0.182. The first kappa shape index (κ1) is 24.4. The van der Waals surface area contributed by atoms with E-state index in [-0.39, 0.29) is 11.8 Å². The standard InChI is InChI=1S/C33H32N2O2/c1-2-20-34-33(36)22-30(26-14-11-17-28(21-26)37-27-15-7-4-8-16-27)31-24-35(23-25-12-5-3-6-13-25)32-19-10-9-18-29(31)32/h3-19,21,24,30H,2,20,22-23H2,1H3,(H,34,36)/t30-/m0/s1. The normalized spacial score (nSPS) is 11.8. The lowest BCUT2D eigenvalue weighted by molar-refractivity contribution is -0.121. The highest BCUT2D eigenvalue weighted by Gasteiger charge is 2.23. The number of rotatable bonds is 10. The van der Waals surface area contributed by atoms with Gasteiger partial charge in [-0.2, -0.15) is 0 Å². The molecule has 0 saturated carbocycles. The number of amides is 1. The van der Waals surface area contributed by atoms with E-state index in [9.17, 15) is 4.79 Å². The summed E-state index contributed by atoms with van der Waals surface area (Å²) in [5.74, 6) is 1.49. The smallest absolute Gasteiger partial charge is 0.220 e. The van der Waals surface area contributed by atoms with E-state index < -0.39 is 0 Å². The highest BCUT2D eigenvalue weighted by molar-refractivity contribution is 5.87. The van der Waals surface area contributed by atoms with E-state index in [1.165, 1.54) is 10.9 Å². The number of carbonyl (C=O) groups is 1. The van der Waals surface area contributed by atoms with E-state index in [1.807, 2.05) is 48.5 Å². The molecule has 0 saturated heterocycles. The van der Waals surface area contributed by atoms with Gasteiger partial charge in [-0.15, -0.1) is 0 Å². The molecule has 0 radical (unpaired) electrons. The van der Waals surface area contributed by atoms with Gasteiger partial charge >= 0.3 is 0 Å². The Morgan fingerprint density at radius 1 is 0.838 bits per heavy atom. The van der Waals surface area contributed by atoms with Gasteiger partial charge in [0, 0.05) is 42.5 Å². The molecule has 4 aromatic carbocycles. The van der Waals surface area contributed by atoms with Gasteiger partial charge in [0.2, 0.25) is 5.91 Å². The van der Waals surface area contributed by atoms with Crippen LogP contribution in [0.5, 0.6) is 11.5 Å². The van der Waals surface area contributed by atoms with Crippen LogP contribution in [0.15, 0.2) is 115 Å². The Labute approximate surface area is 218 Å². The predicted octanol–water partition coefficient (Wildman–Crippen LogP) is 7.53. The molecule has 0 fully saturated rings. The molecular formula is C33H32N2O2. The van der Waals surface area contributed by atoms with Crippen molar-refractivity contribution < 1.29 is 9.53 Å². The summed E-state index contributed by atoms with van der Waals surface area (Å²) in [6, 6.07) is 36.8. The van der Waals surface area contributed by atoms with Crippen LogP contribution in [0.4, 0.5) is 0 Å². The molecule has 1 aromatic heterocycles. The summed E-state index contributed by atoms with van der Waals surface area (Å²) in [5.41, 5.74) is 4.61. The molecule has 4 heteroatoms. The van der Waals surface area contributed by atoms with Crippen molar-refractivity contribution in [3.8, 4) is 11.5 Å². The Bertz CT molecular complexity index is 1460. The lowest BCUT2D eigenvalue weighted by Crippen LogP contribution is -2.26. The molecule has 0 aliphatic heterocycles. The highest BCUT2D eigenvalue weighted by Crippen LogP contribution is 2.37. The molecule has 0 aliphatic carbocycles. The zero-order valence-electron chi connectivity index (χ0n) is 21.1. The van der Waals surface area contributed by atoms with Crippen molar-refractivity contribution in [2.75, 3.05) is 6.54 Å². The van der Waals surface area contributed by atoms with E-state index in [0.29, 0.717) is 13.0 Å². The molecule has 0 unspecified atom stereocenters. The van der Waals surface area contributed by atoms with E-state index in [4.69, 9.17) is 4.74 Å². The predicted molar refractivity (Wildman–Crippen MR) is 150 cm³/mol. The molecule has 37 heavy (non-hydrogen) atoms. The maximum atomic E-state index is 13.0. The molecule has 1 heterocycles. The lowest BCUT2D eigenvalue weighted by Gasteiger charge is -2.18. The minimum atomic E-state index is -0.113. The summed E-state index contributed by atoms with van der Waals surface area (Å²) >= 11 is 0. The Hall–Kier alpha value is -4.31. The number of nitrogens with zero attached hydrogens (tertiary/aromatic N) is 1. The van der Waals surface area contributed by atoms with Crippen LogP contribution in [0, 0.1) is 0 Å². The quantitative estimate of drug-likeness (QED) is 0.221. The van der Waals surface area contributed by atoms with E-state index in [1.54, 1.807) is 0 Å². The first-order valence-corrected chi connectivity index (χ1v) is 12.9. The van der Waals surface area contributed by atoms with Gasteiger partial charge < -0.3 is 14.6 Å². The second-order valence-corrected chi connectivity index (χ2v) is 9.31. The van der Waals surface area contributed by atoms with Gasteiger partial charge in [-0.1, -0.05) is 85.8 Å². The second kappa shape index (κ2) is 11.6. The van der Waals surface area contributed by atoms with Crippen molar-refractivity contribution in [1.82, 2.24) is 9.88 Å². The number of nitrogens with one attached hydrogen (secondary N) is 1. The molecule has 1 amide bonds. The summed E-state index contributed by atoms with van der Waals surface area (Å²) in [6.45, 7) is 3.52. The van der Waals surface area contributed by atoms with Crippen LogP contribution in [-0.2, 0) is 11.3 Å². The van der Waals surface area contributed by atoms with E-state index in [2.05, 4.69) is 83.7 Å². The number of ether oxygens (including phenoxy) is 1. The van der Waals surface area contributed by atoms with Crippen LogP contribution >= 0.6 is 0 Å². The molecule has 1 atom stereocenters. The zero-order chi connectivity index (χ0) is 25.5. The van der Waals surface area contributed by atoms with Crippen LogP contribution in [0.25, 0.3) is 10.9 Å². The molecule has 1 N–H and O–H groups in total. The maximum absolute atomic E-state index is 13.0. The number of fused-ring (bicyclic) bond motifs is 1. The third-order valence-corrected chi connectivity index (χ3v) is 6.59. The molecule has 186 valence electrons. The van der Waals surface area contributed by atoms with Crippen molar-refractivity contribution >= 4 is 16.8 Å². The number of hydrogen-bond donors (Lipinski definition) is 1. The number of carbonyl (C=O) groups excluding carboxylic acids is 1. The van der Waals surface area contributed by atoms with E-state index >= 15 is 0 Å². The van der Waals surface area contributed by atoms with E-state index in [0.717, 1.165) is 41.1 Å². The fourth-order valence-corrected chi connectivity index (χ4v) is 4.81. The number of para-hydroxylation sites is 2.